The zero-order valence-electron chi connectivity index (χ0n) is 13.7. The Morgan fingerprint density at radius 3 is 2.52 bits per heavy atom. The Balaban J connectivity index is 1.94. The molecule has 0 radical (unpaired) electrons. The molecule has 5 nitrogen and oxygen atoms in total. The second-order valence-electron chi connectivity index (χ2n) is 6.83. The van der Waals surface area contributed by atoms with E-state index in [1.54, 1.807) is 8.61 Å². The van der Waals surface area contributed by atoms with Gasteiger partial charge in [0.25, 0.3) is 10.2 Å². The average Bonchev–Trinajstić information content (AvgIpc) is 3.26. The molecule has 0 spiro atoms. The van der Waals surface area contributed by atoms with Crippen LogP contribution in [-0.4, -0.2) is 55.8 Å². The minimum atomic E-state index is -3.26. The first kappa shape index (κ1) is 17.2. The summed E-state index contributed by atoms with van der Waals surface area (Å²) >= 11 is 0. The zero-order valence-corrected chi connectivity index (χ0v) is 14.5. The predicted octanol–water partition coefficient (Wildman–Crippen LogP) is 1.67. The third-order valence-electron chi connectivity index (χ3n) is 4.46. The van der Waals surface area contributed by atoms with Crippen molar-refractivity contribution in [2.24, 2.45) is 11.8 Å². The molecule has 6 heteroatoms. The van der Waals surface area contributed by atoms with Gasteiger partial charge in [-0.2, -0.15) is 17.0 Å². The summed E-state index contributed by atoms with van der Waals surface area (Å²) in [5.41, 5.74) is 0. The molecule has 1 unspecified atom stereocenters. The van der Waals surface area contributed by atoms with Crippen LogP contribution in [0.1, 0.15) is 46.5 Å². The lowest BCUT2D eigenvalue weighted by Crippen LogP contribution is -2.50. The first-order chi connectivity index (χ1) is 9.93. The summed E-state index contributed by atoms with van der Waals surface area (Å²) in [5, 5.41) is 3.44. The molecule has 21 heavy (non-hydrogen) atoms. The lowest BCUT2D eigenvalue weighted by atomic mass is 9.99. The number of hydrogen-bond donors (Lipinski definition) is 1. The third kappa shape index (κ3) is 4.91. The minimum absolute atomic E-state index is 0.440. The first-order valence-electron chi connectivity index (χ1n) is 8.42. The molecule has 1 saturated carbocycles. The Morgan fingerprint density at radius 2 is 1.95 bits per heavy atom. The van der Waals surface area contributed by atoms with Gasteiger partial charge in [-0.25, -0.2) is 0 Å². The maximum absolute atomic E-state index is 12.8. The first-order valence-corrected chi connectivity index (χ1v) is 9.81. The van der Waals surface area contributed by atoms with Gasteiger partial charge in [0.15, 0.2) is 0 Å². The summed E-state index contributed by atoms with van der Waals surface area (Å²) in [4.78, 5) is 0. The fourth-order valence-electron chi connectivity index (χ4n) is 2.94. The van der Waals surface area contributed by atoms with Crippen molar-refractivity contribution < 1.29 is 8.42 Å². The van der Waals surface area contributed by atoms with E-state index >= 15 is 0 Å². The van der Waals surface area contributed by atoms with Crippen molar-refractivity contribution in [1.82, 2.24) is 13.9 Å². The van der Waals surface area contributed by atoms with Crippen molar-refractivity contribution in [2.75, 3.05) is 32.7 Å². The van der Waals surface area contributed by atoms with Gasteiger partial charge < -0.3 is 5.32 Å². The predicted molar refractivity (Wildman–Crippen MR) is 86.3 cm³/mol. The smallest absolute Gasteiger partial charge is 0.281 e. The van der Waals surface area contributed by atoms with Crippen molar-refractivity contribution in [2.45, 2.75) is 52.5 Å². The van der Waals surface area contributed by atoms with Gasteiger partial charge >= 0.3 is 0 Å². The van der Waals surface area contributed by atoms with Gasteiger partial charge in [0.05, 0.1) is 0 Å². The fourth-order valence-corrected chi connectivity index (χ4v) is 4.75. The molecule has 1 aliphatic heterocycles. The summed E-state index contributed by atoms with van der Waals surface area (Å²) in [6.07, 6.45) is 4.48. The van der Waals surface area contributed by atoms with Crippen LogP contribution in [-0.2, 0) is 10.2 Å². The van der Waals surface area contributed by atoms with E-state index in [2.05, 4.69) is 19.2 Å². The van der Waals surface area contributed by atoms with Crippen LogP contribution in [0.25, 0.3) is 0 Å². The molecule has 0 bridgehead atoms. The topological polar surface area (TPSA) is 52.7 Å². The van der Waals surface area contributed by atoms with Gasteiger partial charge in [0.1, 0.15) is 0 Å². The summed E-state index contributed by atoms with van der Waals surface area (Å²) in [6, 6.07) is 0.457. The number of rotatable bonds is 8. The molecule has 2 rings (SSSR count). The molecule has 124 valence electrons. The number of hydrogen-bond acceptors (Lipinski definition) is 3. The van der Waals surface area contributed by atoms with Crippen LogP contribution in [0.3, 0.4) is 0 Å². The molecule has 1 N–H and O–H groups in total. The number of nitrogens with one attached hydrogen (secondary N) is 1. The highest BCUT2D eigenvalue weighted by atomic mass is 32.2. The van der Waals surface area contributed by atoms with Gasteiger partial charge in [0.2, 0.25) is 0 Å². The van der Waals surface area contributed by atoms with Gasteiger partial charge in [-0.3, -0.25) is 0 Å². The maximum atomic E-state index is 12.8. The molecular weight excluding hydrogens is 286 g/mol. The Kier molecular flexibility index (Phi) is 6.05. The van der Waals surface area contributed by atoms with E-state index < -0.39 is 10.2 Å². The SMILES string of the molecule is CCN(CC1CC1)S(=O)(=O)N1CCCC(CNC(C)C)C1. The lowest BCUT2D eigenvalue weighted by molar-refractivity contribution is 0.239. The molecule has 0 aromatic carbocycles. The Morgan fingerprint density at radius 1 is 1.24 bits per heavy atom. The van der Waals surface area contributed by atoms with E-state index in [1.165, 1.54) is 12.8 Å². The molecule has 0 aromatic heterocycles. The van der Waals surface area contributed by atoms with E-state index in [0.717, 1.165) is 19.4 Å². The monoisotopic (exact) mass is 317 g/mol. The van der Waals surface area contributed by atoms with Crippen LogP contribution >= 0.6 is 0 Å². The van der Waals surface area contributed by atoms with Crippen molar-refractivity contribution >= 4 is 10.2 Å². The molecule has 0 aromatic rings. The van der Waals surface area contributed by atoms with E-state index in [1.807, 2.05) is 6.92 Å². The van der Waals surface area contributed by atoms with E-state index in [9.17, 15) is 8.42 Å². The summed E-state index contributed by atoms with van der Waals surface area (Å²) in [7, 11) is -3.26. The molecular formula is C15H31N3O2S. The second-order valence-corrected chi connectivity index (χ2v) is 8.76. The summed E-state index contributed by atoms with van der Waals surface area (Å²) < 4.78 is 29.0. The minimum Gasteiger partial charge on any atom is -0.314 e. The van der Waals surface area contributed by atoms with Gasteiger partial charge in [0, 0.05) is 32.2 Å². The van der Waals surface area contributed by atoms with Crippen LogP contribution in [0.2, 0.25) is 0 Å². The van der Waals surface area contributed by atoms with Crippen molar-refractivity contribution in [3.8, 4) is 0 Å². The molecule has 1 saturated heterocycles. The van der Waals surface area contributed by atoms with Crippen molar-refractivity contribution in [3.63, 3.8) is 0 Å². The molecule has 1 atom stereocenters. The second kappa shape index (κ2) is 7.40. The Labute approximate surface area is 130 Å². The standard InChI is InChI=1S/C15H31N3O2S/c1-4-17(11-14-7-8-14)21(19,20)18-9-5-6-15(12-18)10-16-13(2)3/h13-16H,4-12H2,1-3H3. The summed E-state index contributed by atoms with van der Waals surface area (Å²) in [6.45, 7) is 9.77. The van der Waals surface area contributed by atoms with Gasteiger partial charge in [-0.05, 0) is 44.1 Å². The average molecular weight is 317 g/mol. The molecule has 0 amide bonds. The van der Waals surface area contributed by atoms with Gasteiger partial charge in [-0.15, -0.1) is 0 Å². The largest absolute Gasteiger partial charge is 0.314 e. The van der Waals surface area contributed by atoms with Crippen LogP contribution in [0.15, 0.2) is 0 Å². The van der Waals surface area contributed by atoms with Crippen LogP contribution in [0.5, 0.6) is 0 Å². The van der Waals surface area contributed by atoms with Crippen molar-refractivity contribution in [1.29, 1.82) is 0 Å². The van der Waals surface area contributed by atoms with E-state index in [-0.39, 0.29) is 0 Å². The Bertz CT molecular complexity index is 421. The van der Waals surface area contributed by atoms with Crippen molar-refractivity contribution in [3.05, 3.63) is 0 Å². The molecule has 1 aliphatic carbocycles. The zero-order chi connectivity index (χ0) is 15.5. The molecule has 1 heterocycles. The Hall–Kier alpha value is -0.170. The van der Waals surface area contributed by atoms with E-state index in [4.69, 9.17) is 0 Å². The number of piperidine rings is 1. The van der Waals surface area contributed by atoms with Crippen LogP contribution in [0, 0.1) is 11.8 Å². The highest BCUT2D eigenvalue weighted by molar-refractivity contribution is 7.86. The van der Waals surface area contributed by atoms with Gasteiger partial charge in [-0.1, -0.05) is 20.8 Å². The molecule has 2 aliphatic rings. The third-order valence-corrected chi connectivity index (χ3v) is 6.50. The normalized spacial score (nSPS) is 24.9. The highest BCUT2D eigenvalue weighted by Gasteiger charge is 2.35. The maximum Gasteiger partial charge on any atom is 0.281 e. The van der Waals surface area contributed by atoms with E-state index in [0.29, 0.717) is 44.1 Å². The number of nitrogens with zero attached hydrogens (tertiary/aromatic N) is 2. The highest BCUT2D eigenvalue weighted by Crippen LogP contribution is 2.31. The molecule has 2 fully saturated rings. The summed E-state index contributed by atoms with van der Waals surface area (Å²) in [5.74, 6) is 1.04. The quantitative estimate of drug-likeness (QED) is 0.741. The van der Waals surface area contributed by atoms with Crippen LogP contribution in [0.4, 0.5) is 0 Å². The van der Waals surface area contributed by atoms with Crippen LogP contribution < -0.4 is 5.32 Å². The fraction of sp³-hybridized carbons (Fsp3) is 1.00. The lowest BCUT2D eigenvalue weighted by Gasteiger charge is -2.35.